The zero-order chi connectivity index (χ0) is 14.9. The van der Waals surface area contributed by atoms with Gasteiger partial charge in [-0.3, -0.25) is 5.32 Å². The molecule has 0 radical (unpaired) electrons. The van der Waals surface area contributed by atoms with Gasteiger partial charge in [-0.2, -0.15) is 5.26 Å². The Morgan fingerprint density at radius 2 is 1.90 bits per heavy atom. The van der Waals surface area contributed by atoms with Crippen molar-refractivity contribution in [3.05, 3.63) is 60.2 Å². The van der Waals surface area contributed by atoms with Gasteiger partial charge in [0, 0.05) is 0 Å². The fourth-order valence-corrected chi connectivity index (χ4v) is 1.99. The predicted molar refractivity (Wildman–Crippen MR) is 86.6 cm³/mol. The molecular weight excluding hydrogens is 282 g/mol. The van der Waals surface area contributed by atoms with Gasteiger partial charge in [0.1, 0.15) is 12.4 Å². The molecule has 0 amide bonds. The highest BCUT2D eigenvalue weighted by Gasteiger charge is 1.98. The van der Waals surface area contributed by atoms with E-state index in [0.717, 1.165) is 17.0 Å². The third-order valence-electron chi connectivity index (χ3n) is 2.67. The number of rotatable bonds is 4. The van der Waals surface area contributed by atoms with E-state index in [1.165, 1.54) is 11.8 Å². The second kappa shape index (κ2) is 7.98. The van der Waals surface area contributed by atoms with Crippen LogP contribution in [-0.2, 0) is 6.61 Å². The lowest BCUT2D eigenvalue weighted by Crippen LogP contribution is -2.12. The summed E-state index contributed by atoms with van der Waals surface area (Å²) in [4.78, 5) is 4.32. The monoisotopic (exact) mass is 297 g/mol. The van der Waals surface area contributed by atoms with E-state index in [9.17, 15) is 0 Å². The topological polar surface area (TPSA) is 57.4 Å². The number of hydrogen-bond donors (Lipinski definition) is 1. The van der Waals surface area contributed by atoms with Crippen molar-refractivity contribution in [2.45, 2.75) is 6.61 Å². The van der Waals surface area contributed by atoms with Gasteiger partial charge in [0.2, 0.25) is 0 Å². The molecule has 4 nitrogen and oxygen atoms in total. The number of benzene rings is 2. The van der Waals surface area contributed by atoms with Crippen LogP contribution < -0.4 is 10.1 Å². The zero-order valence-electron chi connectivity index (χ0n) is 11.6. The second-order valence-corrected chi connectivity index (χ2v) is 4.92. The van der Waals surface area contributed by atoms with Crippen LogP contribution in [0.5, 0.6) is 5.75 Å². The molecule has 2 aromatic carbocycles. The minimum Gasteiger partial charge on any atom is -0.489 e. The smallest absolute Gasteiger partial charge is 0.183 e. The van der Waals surface area contributed by atoms with E-state index in [0.29, 0.717) is 11.8 Å². The van der Waals surface area contributed by atoms with Gasteiger partial charge < -0.3 is 4.74 Å². The normalized spacial score (nSPS) is 10.8. The summed E-state index contributed by atoms with van der Waals surface area (Å²) in [5.74, 6) is 0.789. The number of amidine groups is 1. The Labute approximate surface area is 128 Å². The first kappa shape index (κ1) is 14.9. The number of thioether (sulfide) groups is 1. The number of ether oxygens (including phenoxy) is 1. The molecule has 0 unspecified atom stereocenters. The van der Waals surface area contributed by atoms with Crippen molar-refractivity contribution in [1.29, 1.82) is 5.26 Å². The quantitative estimate of drug-likeness (QED) is 0.405. The summed E-state index contributed by atoms with van der Waals surface area (Å²) in [7, 11) is 0. The standard InChI is InChI=1S/C16H15N3OS/c1-21-16(18-12-17)19-14-7-9-15(10-8-14)20-11-13-5-3-2-4-6-13/h2-10H,11H2,1H3,(H,18,19). The molecule has 0 atom stereocenters. The van der Waals surface area contributed by atoms with Crippen molar-refractivity contribution in [3.63, 3.8) is 0 Å². The highest BCUT2D eigenvalue weighted by Crippen LogP contribution is 2.20. The van der Waals surface area contributed by atoms with Gasteiger partial charge in [-0.15, -0.1) is 0 Å². The van der Waals surface area contributed by atoms with Crippen LogP contribution in [0.15, 0.2) is 59.6 Å². The molecule has 0 saturated carbocycles. The van der Waals surface area contributed by atoms with E-state index in [1.807, 2.05) is 67.0 Å². The number of aliphatic imine (C=N–C) groups is 1. The Balaban J connectivity index is 1.97. The fraction of sp³-hybridized carbons (Fsp3) is 0.125. The van der Waals surface area contributed by atoms with Gasteiger partial charge in [0.25, 0.3) is 0 Å². The average Bonchev–Trinajstić information content (AvgIpc) is 2.54. The van der Waals surface area contributed by atoms with Gasteiger partial charge in [-0.25, -0.2) is 4.99 Å². The van der Waals surface area contributed by atoms with E-state index in [1.54, 1.807) is 0 Å². The molecule has 0 aromatic heterocycles. The van der Waals surface area contributed by atoms with Crippen LogP contribution in [-0.4, -0.2) is 11.4 Å². The Kier molecular flexibility index (Phi) is 5.68. The van der Waals surface area contributed by atoms with E-state index in [4.69, 9.17) is 10.00 Å². The lowest BCUT2D eigenvalue weighted by molar-refractivity contribution is 0.306. The Bertz CT molecular complexity index is 633. The van der Waals surface area contributed by atoms with E-state index in [-0.39, 0.29) is 0 Å². The van der Waals surface area contributed by atoms with Crippen LogP contribution in [0.25, 0.3) is 0 Å². The largest absolute Gasteiger partial charge is 0.489 e. The van der Waals surface area contributed by atoms with E-state index >= 15 is 0 Å². The second-order valence-electron chi connectivity index (χ2n) is 4.13. The summed E-state index contributed by atoms with van der Waals surface area (Å²) >= 11 is 1.39. The molecule has 2 rings (SSSR count). The highest BCUT2D eigenvalue weighted by molar-refractivity contribution is 8.13. The van der Waals surface area contributed by atoms with Crippen molar-refractivity contribution in [2.75, 3.05) is 6.26 Å². The molecule has 0 aliphatic carbocycles. The molecule has 0 spiro atoms. The Morgan fingerprint density at radius 1 is 1.19 bits per heavy atom. The van der Waals surface area contributed by atoms with Gasteiger partial charge in [-0.1, -0.05) is 42.1 Å². The molecule has 0 aliphatic heterocycles. The summed E-state index contributed by atoms with van der Waals surface area (Å²) in [6.45, 7) is 0.537. The van der Waals surface area contributed by atoms with Crippen LogP contribution in [0.1, 0.15) is 5.56 Å². The summed E-state index contributed by atoms with van der Waals surface area (Å²) < 4.78 is 5.70. The summed E-state index contributed by atoms with van der Waals surface area (Å²) in [5.41, 5.74) is 1.90. The maximum absolute atomic E-state index is 8.59. The Hall–Kier alpha value is -2.45. The lowest BCUT2D eigenvalue weighted by atomic mass is 10.2. The third-order valence-corrected chi connectivity index (χ3v) is 3.25. The minimum atomic E-state index is 0.537. The number of nitriles is 1. The number of hydrogen-bond acceptors (Lipinski definition) is 4. The van der Waals surface area contributed by atoms with E-state index < -0.39 is 0 Å². The number of nitrogens with one attached hydrogen (secondary N) is 1. The third kappa shape index (κ3) is 4.86. The van der Waals surface area contributed by atoms with Crippen molar-refractivity contribution in [1.82, 2.24) is 5.32 Å². The molecule has 2 aromatic rings. The van der Waals surface area contributed by atoms with Crippen LogP contribution in [0, 0.1) is 11.5 Å². The van der Waals surface area contributed by atoms with E-state index in [2.05, 4.69) is 10.3 Å². The molecule has 1 N–H and O–H groups in total. The van der Waals surface area contributed by atoms with Crippen molar-refractivity contribution >= 4 is 22.6 Å². The van der Waals surface area contributed by atoms with Crippen molar-refractivity contribution in [3.8, 4) is 11.9 Å². The molecule has 0 fully saturated rings. The SMILES string of the molecule is CSC(=Nc1ccc(OCc2ccccc2)cc1)NC#N. The van der Waals surface area contributed by atoms with Crippen LogP contribution in [0.4, 0.5) is 5.69 Å². The summed E-state index contributed by atoms with van der Waals surface area (Å²) in [6.07, 6.45) is 3.72. The molecule has 0 saturated heterocycles. The summed E-state index contributed by atoms with van der Waals surface area (Å²) in [6, 6.07) is 17.5. The first-order chi connectivity index (χ1) is 10.3. The summed E-state index contributed by atoms with van der Waals surface area (Å²) in [5, 5.41) is 11.7. The molecule has 5 heteroatoms. The maximum Gasteiger partial charge on any atom is 0.183 e. The molecule has 21 heavy (non-hydrogen) atoms. The highest BCUT2D eigenvalue weighted by atomic mass is 32.2. The minimum absolute atomic E-state index is 0.537. The molecule has 0 bridgehead atoms. The van der Waals surface area contributed by atoms with Gasteiger partial charge in [-0.05, 0) is 36.1 Å². The van der Waals surface area contributed by atoms with Crippen LogP contribution in [0.3, 0.4) is 0 Å². The predicted octanol–water partition coefficient (Wildman–Crippen LogP) is 3.69. The first-order valence-corrected chi connectivity index (χ1v) is 7.59. The molecule has 106 valence electrons. The van der Waals surface area contributed by atoms with Crippen LogP contribution >= 0.6 is 11.8 Å². The number of nitrogens with zero attached hydrogens (tertiary/aromatic N) is 2. The fourth-order valence-electron chi connectivity index (χ4n) is 1.65. The van der Waals surface area contributed by atoms with Gasteiger partial charge in [0.15, 0.2) is 11.4 Å². The molecule has 0 heterocycles. The van der Waals surface area contributed by atoms with Gasteiger partial charge in [0.05, 0.1) is 5.69 Å². The van der Waals surface area contributed by atoms with Crippen LogP contribution in [0.2, 0.25) is 0 Å². The average molecular weight is 297 g/mol. The van der Waals surface area contributed by atoms with Gasteiger partial charge >= 0.3 is 0 Å². The maximum atomic E-state index is 8.59. The lowest BCUT2D eigenvalue weighted by Gasteiger charge is -2.06. The molecule has 0 aliphatic rings. The Morgan fingerprint density at radius 3 is 2.52 bits per heavy atom. The zero-order valence-corrected chi connectivity index (χ0v) is 12.4. The molecular formula is C16H15N3OS. The first-order valence-electron chi connectivity index (χ1n) is 6.36. The van der Waals surface area contributed by atoms with Crippen molar-refractivity contribution < 1.29 is 4.74 Å². The van der Waals surface area contributed by atoms with Crippen molar-refractivity contribution in [2.24, 2.45) is 4.99 Å².